The van der Waals surface area contributed by atoms with Crippen molar-refractivity contribution in [2.24, 2.45) is 0 Å². The lowest BCUT2D eigenvalue weighted by Crippen LogP contribution is -1.91. The highest BCUT2D eigenvalue weighted by Gasteiger charge is 1.92. The highest BCUT2D eigenvalue weighted by molar-refractivity contribution is 7.74. The van der Waals surface area contributed by atoms with Crippen molar-refractivity contribution in [1.82, 2.24) is 0 Å². The molecule has 0 saturated heterocycles. The smallest absolute Gasteiger partial charge is 0.168 e. The maximum absolute atomic E-state index is 4.61. The van der Waals surface area contributed by atoms with Gasteiger partial charge in [0.25, 0.3) is 0 Å². The van der Waals surface area contributed by atoms with Crippen LogP contribution in [-0.4, -0.2) is 0 Å². The van der Waals surface area contributed by atoms with E-state index in [9.17, 15) is 0 Å². The summed E-state index contributed by atoms with van der Waals surface area (Å²) in [6.45, 7) is 1.99. The first-order valence-corrected chi connectivity index (χ1v) is 3.41. The Hall–Kier alpha value is -0.710. The number of rotatable bonds is 3. The molecule has 0 radical (unpaired) electrons. The van der Waals surface area contributed by atoms with Crippen LogP contribution in [0.25, 0.3) is 0 Å². The van der Waals surface area contributed by atoms with Gasteiger partial charge in [0.05, 0.1) is 0 Å². The molecule has 1 aromatic carbocycles. The normalized spacial score (nSPS) is 9.64. The van der Waals surface area contributed by atoms with Gasteiger partial charge in [-0.15, -0.1) is 4.33 Å². The minimum atomic E-state index is 0.574. The fourth-order valence-corrected chi connectivity index (χ4v) is 0.679. The monoisotopic (exact) mass is 172 g/mol. The molecule has 0 heterocycles. The third-order valence-electron chi connectivity index (χ3n) is 1.18. The van der Waals surface area contributed by atoms with E-state index in [1.165, 1.54) is 0 Å². The highest BCUT2D eigenvalue weighted by atomic mass is 32.1. The third kappa shape index (κ3) is 2.80. The van der Waals surface area contributed by atoms with E-state index >= 15 is 0 Å². The van der Waals surface area contributed by atoms with Gasteiger partial charge >= 0.3 is 0 Å². The van der Waals surface area contributed by atoms with Crippen molar-refractivity contribution < 1.29 is 14.3 Å². The van der Waals surface area contributed by atoms with Crippen LogP contribution in [0, 0.1) is 6.92 Å². The topological polar surface area (TPSA) is 27.7 Å². The molecule has 0 saturated carbocycles. The molecule has 0 spiro atoms. The Balaban J connectivity index is 2.52. The van der Waals surface area contributed by atoms with Crippen LogP contribution in [-0.2, 0) is 9.37 Å². The van der Waals surface area contributed by atoms with E-state index in [0.29, 0.717) is 5.75 Å². The summed E-state index contributed by atoms with van der Waals surface area (Å²) in [5.41, 5.74) is 1.16. The minimum absolute atomic E-state index is 0.574. The fraction of sp³-hybridized carbons (Fsp3) is 0.143. The first-order chi connectivity index (χ1) is 5.33. The van der Waals surface area contributed by atoms with Gasteiger partial charge in [-0.2, -0.15) is 0 Å². The Labute approximate surface area is 70.4 Å². The molecule has 0 aliphatic heterocycles. The van der Waals surface area contributed by atoms with Crippen molar-refractivity contribution in [3.05, 3.63) is 29.8 Å². The van der Waals surface area contributed by atoms with Gasteiger partial charge in [0.2, 0.25) is 0 Å². The predicted octanol–water partition coefficient (Wildman–Crippen LogP) is 2.08. The van der Waals surface area contributed by atoms with Crippen molar-refractivity contribution >= 4 is 12.9 Å². The summed E-state index contributed by atoms with van der Waals surface area (Å²) in [5.74, 6) is 0.574. The van der Waals surface area contributed by atoms with E-state index in [1.54, 1.807) is 12.1 Å². The van der Waals surface area contributed by atoms with E-state index in [0.717, 1.165) is 5.56 Å². The molecule has 1 aromatic rings. The lowest BCUT2D eigenvalue weighted by atomic mass is 10.2. The maximum Gasteiger partial charge on any atom is 0.168 e. The lowest BCUT2D eigenvalue weighted by molar-refractivity contribution is -0.402. The third-order valence-corrected chi connectivity index (χ3v) is 1.24. The van der Waals surface area contributed by atoms with Gasteiger partial charge in [-0.1, -0.05) is 17.7 Å². The standard InChI is InChI=1S/C7H8O3S/c1-6-2-4-7(5-3-6)8-9-10-11/h2-5,11H,1H3. The Morgan fingerprint density at radius 2 is 1.82 bits per heavy atom. The molecule has 0 aromatic heterocycles. The largest absolute Gasteiger partial charge is 0.307 e. The number of benzene rings is 1. The second-order valence-electron chi connectivity index (χ2n) is 2.04. The SMILES string of the molecule is Cc1ccc(OOOS)cc1. The molecular weight excluding hydrogens is 164 g/mol. The number of hydrogen-bond donors (Lipinski definition) is 1. The van der Waals surface area contributed by atoms with Gasteiger partial charge in [-0.25, -0.2) is 0 Å². The van der Waals surface area contributed by atoms with Gasteiger partial charge in [0.15, 0.2) is 5.75 Å². The molecule has 0 bridgehead atoms. The second kappa shape index (κ2) is 4.23. The fourth-order valence-electron chi connectivity index (χ4n) is 0.648. The van der Waals surface area contributed by atoms with Crippen LogP contribution in [0.2, 0.25) is 0 Å². The van der Waals surface area contributed by atoms with Gasteiger partial charge in [-0.3, -0.25) is 0 Å². The molecule has 0 atom stereocenters. The Kier molecular flexibility index (Phi) is 3.22. The van der Waals surface area contributed by atoms with E-state index in [4.69, 9.17) is 0 Å². The van der Waals surface area contributed by atoms with Crippen LogP contribution < -0.4 is 4.89 Å². The Morgan fingerprint density at radius 3 is 2.36 bits per heavy atom. The summed E-state index contributed by atoms with van der Waals surface area (Å²) in [5, 5.41) is 4.12. The summed E-state index contributed by atoms with van der Waals surface area (Å²) in [6.07, 6.45) is 0. The summed E-state index contributed by atoms with van der Waals surface area (Å²) >= 11 is 3.32. The molecule has 0 fully saturated rings. The van der Waals surface area contributed by atoms with Gasteiger partial charge in [0.1, 0.15) is 0 Å². The van der Waals surface area contributed by atoms with Crippen LogP contribution in [0.5, 0.6) is 5.75 Å². The zero-order chi connectivity index (χ0) is 8.10. The van der Waals surface area contributed by atoms with Crippen molar-refractivity contribution in [2.45, 2.75) is 6.92 Å². The molecular formula is C7H8O3S. The molecule has 0 unspecified atom stereocenters. The minimum Gasteiger partial charge on any atom is -0.307 e. The molecule has 60 valence electrons. The van der Waals surface area contributed by atoms with Crippen molar-refractivity contribution in [3.8, 4) is 5.75 Å². The van der Waals surface area contributed by atoms with Crippen LogP contribution in [0.4, 0.5) is 0 Å². The summed E-state index contributed by atoms with van der Waals surface area (Å²) in [4.78, 5) is 4.61. The Morgan fingerprint density at radius 1 is 1.18 bits per heavy atom. The first kappa shape index (κ1) is 8.39. The molecule has 0 amide bonds. The van der Waals surface area contributed by atoms with Crippen molar-refractivity contribution in [1.29, 1.82) is 0 Å². The summed E-state index contributed by atoms with van der Waals surface area (Å²) < 4.78 is 3.95. The Bertz CT molecular complexity index is 209. The highest BCUT2D eigenvalue weighted by Crippen LogP contribution is 2.11. The number of aryl methyl sites for hydroxylation is 1. The van der Waals surface area contributed by atoms with Crippen LogP contribution >= 0.6 is 12.9 Å². The molecule has 0 N–H and O–H groups in total. The number of hydrogen-bond acceptors (Lipinski definition) is 4. The van der Waals surface area contributed by atoms with Gasteiger partial charge in [0, 0.05) is 12.9 Å². The van der Waals surface area contributed by atoms with Crippen molar-refractivity contribution in [2.75, 3.05) is 0 Å². The quantitative estimate of drug-likeness (QED) is 0.327. The average molecular weight is 172 g/mol. The maximum atomic E-state index is 4.61. The van der Waals surface area contributed by atoms with Gasteiger partial charge in [-0.05, 0) is 24.1 Å². The molecule has 1 rings (SSSR count). The van der Waals surface area contributed by atoms with Crippen LogP contribution in [0.3, 0.4) is 0 Å². The summed E-state index contributed by atoms with van der Waals surface area (Å²) in [6, 6.07) is 7.33. The molecule has 4 heteroatoms. The van der Waals surface area contributed by atoms with Crippen molar-refractivity contribution in [3.63, 3.8) is 0 Å². The second-order valence-corrected chi connectivity index (χ2v) is 2.19. The molecule has 0 aliphatic carbocycles. The van der Waals surface area contributed by atoms with Gasteiger partial charge < -0.3 is 4.89 Å². The van der Waals surface area contributed by atoms with Crippen LogP contribution in [0.1, 0.15) is 5.56 Å². The molecule has 0 aliphatic rings. The zero-order valence-corrected chi connectivity index (χ0v) is 6.88. The first-order valence-electron chi connectivity index (χ1n) is 3.04. The summed E-state index contributed by atoms with van der Waals surface area (Å²) in [7, 11) is 0. The average Bonchev–Trinajstić information content (AvgIpc) is 2.04. The molecule has 3 nitrogen and oxygen atoms in total. The molecule has 11 heavy (non-hydrogen) atoms. The van der Waals surface area contributed by atoms with Crippen LogP contribution in [0.15, 0.2) is 24.3 Å². The zero-order valence-electron chi connectivity index (χ0n) is 5.98. The lowest BCUT2D eigenvalue weighted by Gasteiger charge is -1.99. The predicted molar refractivity (Wildman–Crippen MR) is 43.0 cm³/mol. The van der Waals surface area contributed by atoms with E-state index in [-0.39, 0.29) is 0 Å². The number of thiol groups is 1. The van der Waals surface area contributed by atoms with E-state index < -0.39 is 0 Å². The van der Waals surface area contributed by atoms with E-state index in [2.05, 4.69) is 27.2 Å². The van der Waals surface area contributed by atoms with E-state index in [1.807, 2.05) is 19.1 Å².